The Morgan fingerprint density at radius 3 is 2.75 bits per heavy atom. The SMILES string of the molecule is CC(CO)(C(=O)O)c1csc2ccccc12. The molecule has 4 heteroatoms. The lowest BCUT2D eigenvalue weighted by Gasteiger charge is -2.21. The lowest BCUT2D eigenvalue weighted by molar-refractivity contribution is -0.144. The molecule has 1 aromatic carbocycles. The second-order valence-corrected chi connectivity index (χ2v) is 4.85. The van der Waals surface area contributed by atoms with E-state index in [0.29, 0.717) is 5.56 Å². The van der Waals surface area contributed by atoms with Crippen LogP contribution in [0.5, 0.6) is 0 Å². The van der Waals surface area contributed by atoms with Crippen molar-refractivity contribution in [3.8, 4) is 0 Å². The summed E-state index contributed by atoms with van der Waals surface area (Å²) in [6.07, 6.45) is 0. The Kier molecular flexibility index (Phi) is 2.69. The van der Waals surface area contributed by atoms with Gasteiger partial charge in [-0.15, -0.1) is 11.3 Å². The van der Waals surface area contributed by atoms with Gasteiger partial charge < -0.3 is 10.2 Å². The van der Waals surface area contributed by atoms with Gasteiger partial charge in [0.05, 0.1) is 6.61 Å². The number of carboxylic acid groups (broad SMARTS) is 1. The highest BCUT2D eigenvalue weighted by Crippen LogP contribution is 2.34. The Hall–Kier alpha value is -1.39. The molecule has 0 saturated heterocycles. The second-order valence-electron chi connectivity index (χ2n) is 3.94. The van der Waals surface area contributed by atoms with E-state index < -0.39 is 18.0 Å². The van der Waals surface area contributed by atoms with Crippen molar-refractivity contribution >= 4 is 27.4 Å². The average molecular weight is 236 g/mol. The molecule has 0 aliphatic carbocycles. The summed E-state index contributed by atoms with van der Waals surface area (Å²) in [5.41, 5.74) is -0.539. The zero-order valence-electron chi connectivity index (χ0n) is 8.80. The minimum Gasteiger partial charge on any atom is -0.481 e. The molecule has 3 nitrogen and oxygen atoms in total. The molecular weight excluding hydrogens is 224 g/mol. The lowest BCUT2D eigenvalue weighted by Crippen LogP contribution is -2.35. The van der Waals surface area contributed by atoms with E-state index in [1.165, 1.54) is 11.3 Å². The Balaban J connectivity index is 2.67. The third-order valence-corrected chi connectivity index (χ3v) is 3.83. The summed E-state index contributed by atoms with van der Waals surface area (Å²) in [6, 6.07) is 7.62. The highest BCUT2D eigenvalue weighted by atomic mass is 32.1. The van der Waals surface area contributed by atoms with Crippen molar-refractivity contribution in [2.45, 2.75) is 12.3 Å². The number of aliphatic hydroxyl groups is 1. The van der Waals surface area contributed by atoms with Crippen molar-refractivity contribution in [1.82, 2.24) is 0 Å². The number of thiophene rings is 1. The number of carboxylic acids is 1. The van der Waals surface area contributed by atoms with Crippen LogP contribution in [-0.4, -0.2) is 22.8 Å². The second kappa shape index (κ2) is 3.88. The number of fused-ring (bicyclic) bond motifs is 1. The van der Waals surface area contributed by atoms with Crippen LogP contribution in [0.4, 0.5) is 0 Å². The normalized spacial score (nSPS) is 14.9. The maximum absolute atomic E-state index is 11.2. The molecule has 2 N–H and O–H groups in total. The van der Waals surface area contributed by atoms with Gasteiger partial charge in [-0.25, -0.2) is 0 Å². The zero-order valence-corrected chi connectivity index (χ0v) is 9.62. The van der Waals surface area contributed by atoms with Crippen LogP contribution in [0.25, 0.3) is 10.1 Å². The van der Waals surface area contributed by atoms with E-state index in [1.54, 1.807) is 6.92 Å². The third kappa shape index (κ3) is 1.50. The Morgan fingerprint density at radius 2 is 2.12 bits per heavy atom. The van der Waals surface area contributed by atoms with Crippen LogP contribution in [0.15, 0.2) is 29.6 Å². The molecular formula is C12H12O3S. The summed E-state index contributed by atoms with van der Waals surface area (Å²) in [7, 11) is 0. The molecule has 0 fully saturated rings. The van der Waals surface area contributed by atoms with Gasteiger partial charge in [-0.05, 0) is 29.3 Å². The highest BCUT2D eigenvalue weighted by Gasteiger charge is 2.36. The van der Waals surface area contributed by atoms with Gasteiger partial charge in [-0.1, -0.05) is 18.2 Å². The summed E-state index contributed by atoms with van der Waals surface area (Å²) < 4.78 is 1.04. The van der Waals surface area contributed by atoms with E-state index in [4.69, 9.17) is 0 Å². The van der Waals surface area contributed by atoms with Crippen LogP contribution in [0.2, 0.25) is 0 Å². The first-order valence-corrected chi connectivity index (χ1v) is 5.78. The van der Waals surface area contributed by atoms with Crippen molar-refractivity contribution in [2.75, 3.05) is 6.61 Å². The van der Waals surface area contributed by atoms with Crippen molar-refractivity contribution in [3.63, 3.8) is 0 Å². The van der Waals surface area contributed by atoms with Crippen molar-refractivity contribution in [3.05, 3.63) is 35.2 Å². The highest BCUT2D eigenvalue weighted by molar-refractivity contribution is 7.17. The fourth-order valence-corrected chi connectivity index (χ4v) is 2.77. The van der Waals surface area contributed by atoms with Crippen LogP contribution in [0.1, 0.15) is 12.5 Å². The number of carbonyl (C=O) groups is 1. The predicted octanol–water partition coefficient (Wildman–Crippen LogP) is 2.24. The lowest BCUT2D eigenvalue weighted by atomic mass is 9.83. The minimum absolute atomic E-state index is 0.400. The van der Waals surface area contributed by atoms with Gasteiger partial charge >= 0.3 is 5.97 Å². The predicted molar refractivity (Wildman–Crippen MR) is 63.9 cm³/mol. The van der Waals surface area contributed by atoms with E-state index in [-0.39, 0.29) is 0 Å². The fourth-order valence-electron chi connectivity index (χ4n) is 1.67. The molecule has 0 aliphatic heterocycles. The van der Waals surface area contributed by atoms with Crippen LogP contribution in [0.3, 0.4) is 0 Å². The first-order chi connectivity index (χ1) is 7.59. The van der Waals surface area contributed by atoms with Gasteiger partial charge in [-0.2, -0.15) is 0 Å². The van der Waals surface area contributed by atoms with Crippen molar-refractivity contribution in [1.29, 1.82) is 0 Å². The fraction of sp³-hybridized carbons (Fsp3) is 0.250. The number of aliphatic hydroxyl groups excluding tert-OH is 1. The number of hydrogen-bond donors (Lipinski definition) is 2. The van der Waals surface area contributed by atoms with Gasteiger partial charge in [0.1, 0.15) is 5.41 Å². The first kappa shape index (κ1) is 11.1. The minimum atomic E-state index is -1.22. The maximum Gasteiger partial charge on any atom is 0.316 e. The molecule has 1 unspecified atom stereocenters. The van der Waals surface area contributed by atoms with Gasteiger partial charge in [0, 0.05) is 4.70 Å². The quantitative estimate of drug-likeness (QED) is 0.859. The Morgan fingerprint density at radius 1 is 1.44 bits per heavy atom. The van der Waals surface area contributed by atoms with Crippen LogP contribution in [-0.2, 0) is 10.2 Å². The largest absolute Gasteiger partial charge is 0.481 e. The molecule has 2 aromatic rings. The summed E-state index contributed by atoms with van der Waals surface area (Å²) in [4.78, 5) is 11.2. The molecule has 0 aliphatic rings. The molecule has 16 heavy (non-hydrogen) atoms. The smallest absolute Gasteiger partial charge is 0.316 e. The molecule has 0 spiro atoms. The molecule has 0 saturated carbocycles. The van der Waals surface area contributed by atoms with Crippen molar-refractivity contribution < 1.29 is 15.0 Å². The van der Waals surface area contributed by atoms with Gasteiger partial charge in [-0.3, -0.25) is 4.79 Å². The monoisotopic (exact) mass is 236 g/mol. The molecule has 1 aromatic heterocycles. The molecule has 0 radical (unpaired) electrons. The molecule has 84 valence electrons. The van der Waals surface area contributed by atoms with E-state index >= 15 is 0 Å². The summed E-state index contributed by atoms with van der Waals surface area (Å²) in [5, 5.41) is 21.2. The van der Waals surface area contributed by atoms with E-state index in [0.717, 1.165) is 10.1 Å². The number of hydrogen-bond acceptors (Lipinski definition) is 3. The molecule has 0 bridgehead atoms. The maximum atomic E-state index is 11.2. The molecule has 1 heterocycles. The summed E-state index contributed by atoms with van der Waals surface area (Å²) in [5.74, 6) is -1.00. The standard InChI is InChI=1S/C12H12O3S/c1-12(7-13,11(14)15)9-6-16-10-5-3-2-4-8(9)10/h2-6,13H,7H2,1H3,(H,14,15). The Labute approximate surface area is 97.0 Å². The van der Waals surface area contributed by atoms with Gasteiger partial charge in [0.15, 0.2) is 0 Å². The third-order valence-electron chi connectivity index (χ3n) is 2.86. The zero-order chi connectivity index (χ0) is 11.8. The van der Waals surface area contributed by atoms with E-state index in [1.807, 2.05) is 29.6 Å². The number of benzene rings is 1. The van der Waals surface area contributed by atoms with Crippen LogP contribution >= 0.6 is 11.3 Å². The molecule has 0 amide bonds. The summed E-state index contributed by atoms with van der Waals surface area (Å²) in [6.45, 7) is 1.15. The van der Waals surface area contributed by atoms with Crippen LogP contribution in [0, 0.1) is 0 Å². The van der Waals surface area contributed by atoms with E-state index in [2.05, 4.69) is 0 Å². The van der Waals surface area contributed by atoms with Crippen LogP contribution < -0.4 is 0 Å². The Bertz CT molecular complexity index is 532. The van der Waals surface area contributed by atoms with Crippen molar-refractivity contribution in [2.24, 2.45) is 0 Å². The number of aliphatic carboxylic acids is 1. The first-order valence-electron chi connectivity index (χ1n) is 4.90. The average Bonchev–Trinajstić information content (AvgIpc) is 2.72. The topological polar surface area (TPSA) is 57.5 Å². The van der Waals surface area contributed by atoms with Gasteiger partial charge in [0.25, 0.3) is 0 Å². The van der Waals surface area contributed by atoms with E-state index in [9.17, 15) is 15.0 Å². The molecule has 1 atom stereocenters. The molecule has 2 rings (SSSR count). The van der Waals surface area contributed by atoms with Gasteiger partial charge in [0.2, 0.25) is 0 Å². The number of rotatable bonds is 3. The summed E-state index contributed by atoms with van der Waals surface area (Å²) >= 11 is 1.50.